The molecule has 1 atom stereocenters. The van der Waals surface area contributed by atoms with Crippen LogP contribution in [-0.4, -0.2) is 82.6 Å². The summed E-state index contributed by atoms with van der Waals surface area (Å²) < 4.78 is 7.48. The van der Waals surface area contributed by atoms with E-state index in [1.165, 1.54) is 12.8 Å². The van der Waals surface area contributed by atoms with Crippen LogP contribution in [0.2, 0.25) is 0 Å². The van der Waals surface area contributed by atoms with Crippen LogP contribution in [-0.2, 0) is 9.53 Å². The zero-order valence-electron chi connectivity index (χ0n) is 14.8. The van der Waals surface area contributed by atoms with E-state index in [4.69, 9.17) is 9.84 Å². The summed E-state index contributed by atoms with van der Waals surface area (Å²) in [6, 6.07) is 4.49. The molecule has 1 N–H and O–H groups in total. The molecule has 1 saturated carbocycles. The van der Waals surface area contributed by atoms with E-state index in [1.54, 1.807) is 0 Å². The molecule has 5 rings (SSSR count). The summed E-state index contributed by atoms with van der Waals surface area (Å²) in [6.45, 7) is 3.46. The Balaban J connectivity index is 1.20. The van der Waals surface area contributed by atoms with E-state index in [0.717, 1.165) is 36.9 Å². The molecule has 138 valence electrons. The van der Waals surface area contributed by atoms with E-state index in [9.17, 15) is 4.79 Å². The zero-order chi connectivity index (χ0) is 17.7. The zero-order valence-corrected chi connectivity index (χ0v) is 14.8. The second-order valence-corrected chi connectivity index (χ2v) is 7.53. The van der Waals surface area contributed by atoms with Gasteiger partial charge in [-0.15, -0.1) is 15.3 Å². The molecule has 2 saturated heterocycles. The summed E-state index contributed by atoms with van der Waals surface area (Å²) in [6.07, 6.45) is 2.44. The molecule has 0 aromatic carbocycles. The highest BCUT2D eigenvalue weighted by molar-refractivity contribution is 5.77. The van der Waals surface area contributed by atoms with Crippen LogP contribution < -0.4 is 10.2 Å². The normalized spacial score (nSPS) is 24.2. The van der Waals surface area contributed by atoms with Crippen LogP contribution in [0.5, 0.6) is 0 Å². The molecule has 1 unspecified atom stereocenters. The third kappa shape index (κ3) is 2.90. The van der Waals surface area contributed by atoms with Crippen LogP contribution in [0.1, 0.15) is 24.6 Å². The van der Waals surface area contributed by atoms with E-state index >= 15 is 0 Å². The van der Waals surface area contributed by atoms with Gasteiger partial charge in [0.1, 0.15) is 12.4 Å². The lowest BCUT2D eigenvalue weighted by molar-refractivity contribution is -0.134. The van der Waals surface area contributed by atoms with Crippen molar-refractivity contribution >= 4 is 17.4 Å². The van der Waals surface area contributed by atoms with E-state index in [1.807, 2.05) is 16.6 Å². The average Bonchev–Trinajstić information content (AvgIpc) is 3.35. The van der Waals surface area contributed by atoms with Gasteiger partial charge in [0, 0.05) is 38.1 Å². The molecular weight excluding hydrogens is 334 g/mol. The minimum atomic E-state index is -0.0280. The number of hydrogen-bond donors (Lipinski definition) is 1. The number of nitrogens with one attached hydrogen (secondary N) is 1. The lowest BCUT2D eigenvalue weighted by Gasteiger charge is -2.45. The number of hydrogen-bond acceptors (Lipinski definition) is 7. The van der Waals surface area contributed by atoms with Crippen molar-refractivity contribution in [2.45, 2.75) is 30.9 Å². The van der Waals surface area contributed by atoms with Gasteiger partial charge in [0.2, 0.25) is 5.91 Å². The van der Waals surface area contributed by atoms with E-state index in [-0.39, 0.29) is 18.6 Å². The van der Waals surface area contributed by atoms with Crippen molar-refractivity contribution in [2.75, 3.05) is 44.7 Å². The molecule has 0 spiro atoms. The summed E-state index contributed by atoms with van der Waals surface area (Å²) in [5.74, 6) is 2.47. The third-order valence-electron chi connectivity index (χ3n) is 5.49. The van der Waals surface area contributed by atoms with Crippen LogP contribution in [0.15, 0.2) is 12.1 Å². The fourth-order valence-electron chi connectivity index (χ4n) is 3.60. The van der Waals surface area contributed by atoms with Crippen molar-refractivity contribution in [3.8, 4) is 0 Å². The first kappa shape index (κ1) is 16.0. The predicted octanol–water partition coefficient (Wildman–Crippen LogP) is -0.363. The smallest absolute Gasteiger partial charge is 0.246 e. The topological polar surface area (TPSA) is 87.9 Å². The molecule has 0 bridgehead atoms. The number of carbonyl (C=O) groups is 1. The van der Waals surface area contributed by atoms with Crippen molar-refractivity contribution in [2.24, 2.45) is 0 Å². The monoisotopic (exact) mass is 357 g/mol. The minimum Gasteiger partial charge on any atom is -0.365 e. The molecule has 4 heterocycles. The standard InChI is InChI=1S/C17H23N7O2/c1-22(9-13-6-18-16(25)10-26-13)12-7-23(8-12)15-5-4-14-19-20-17(11-2-3-11)24(14)21-15/h4-5,11-13H,2-3,6-10H2,1H3,(H,18,25). The minimum absolute atomic E-state index is 0.0280. The van der Waals surface area contributed by atoms with Gasteiger partial charge in [0.05, 0.1) is 6.10 Å². The van der Waals surface area contributed by atoms with Gasteiger partial charge < -0.3 is 15.0 Å². The van der Waals surface area contributed by atoms with Crippen LogP contribution >= 0.6 is 0 Å². The first-order valence-corrected chi connectivity index (χ1v) is 9.23. The van der Waals surface area contributed by atoms with Crippen molar-refractivity contribution in [1.82, 2.24) is 30.0 Å². The molecule has 9 nitrogen and oxygen atoms in total. The number of carbonyl (C=O) groups excluding carboxylic acids is 1. The molecule has 26 heavy (non-hydrogen) atoms. The number of likely N-dealkylation sites (N-methyl/N-ethyl adjacent to an activating group) is 1. The number of fused-ring (bicyclic) bond motifs is 1. The number of anilines is 1. The van der Waals surface area contributed by atoms with Crippen LogP contribution in [0.25, 0.3) is 5.65 Å². The number of ether oxygens (including phenoxy) is 1. The van der Waals surface area contributed by atoms with E-state index in [0.29, 0.717) is 18.5 Å². The lowest BCUT2D eigenvalue weighted by atomic mass is 10.1. The Labute approximate surface area is 151 Å². The van der Waals surface area contributed by atoms with Crippen LogP contribution in [0, 0.1) is 0 Å². The Bertz CT molecular complexity index is 818. The quantitative estimate of drug-likeness (QED) is 0.782. The van der Waals surface area contributed by atoms with Gasteiger partial charge in [0.25, 0.3) is 0 Å². The molecule has 0 radical (unpaired) electrons. The summed E-state index contributed by atoms with van der Waals surface area (Å²) in [5, 5.41) is 16.1. The van der Waals surface area contributed by atoms with Gasteiger partial charge in [-0.25, -0.2) is 0 Å². The highest BCUT2D eigenvalue weighted by atomic mass is 16.5. The number of nitrogens with zero attached hydrogens (tertiary/aromatic N) is 6. The Hall–Kier alpha value is -2.26. The Morgan fingerprint density at radius 3 is 2.88 bits per heavy atom. The highest BCUT2D eigenvalue weighted by Gasteiger charge is 2.34. The molecular formula is C17H23N7O2. The van der Waals surface area contributed by atoms with Crippen LogP contribution in [0.4, 0.5) is 5.82 Å². The molecule has 3 fully saturated rings. The van der Waals surface area contributed by atoms with Crippen molar-refractivity contribution in [1.29, 1.82) is 0 Å². The molecule has 2 aromatic rings. The highest BCUT2D eigenvalue weighted by Crippen LogP contribution is 2.38. The molecule has 3 aliphatic rings. The summed E-state index contributed by atoms with van der Waals surface area (Å²) >= 11 is 0. The van der Waals surface area contributed by atoms with Gasteiger partial charge in [-0.2, -0.15) is 4.52 Å². The van der Waals surface area contributed by atoms with Gasteiger partial charge >= 0.3 is 0 Å². The van der Waals surface area contributed by atoms with E-state index in [2.05, 4.69) is 32.4 Å². The third-order valence-corrected chi connectivity index (χ3v) is 5.49. The van der Waals surface area contributed by atoms with Gasteiger partial charge in [-0.05, 0) is 32.0 Å². The number of rotatable bonds is 5. The summed E-state index contributed by atoms with van der Waals surface area (Å²) in [4.78, 5) is 15.8. The first-order valence-electron chi connectivity index (χ1n) is 9.23. The second kappa shape index (κ2) is 6.17. The van der Waals surface area contributed by atoms with Gasteiger partial charge in [-0.3, -0.25) is 9.69 Å². The molecule has 1 amide bonds. The SMILES string of the molecule is CN(CC1CNC(=O)CO1)C1CN(c2ccc3nnc(C4CC4)n3n2)C1. The molecule has 2 aliphatic heterocycles. The second-order valence-electron chi connectivity index (χ2n) is 7.53. The van der Waals surface area contributed by atoms with Crippen LogP contribution in [0.3, 0.4) is 0 Å². The van der Waals surface area contributed by atoms with Crippen molar-refractivity contribution < 1.29 is 9.53 Å². The lowest BCUT2D eigenvalue weighted by Crippen LogP contribution is -2.61. The fraction of sp³-hybridized carbons (Fsp3) is 0.647. The predicted molar refractivity (Wildman–Crippen MR) is 94.1 cm³/mol. The Morgan fingerprint density at radius 1 is 1.31 bits per heavy atom. The number of amides is 1. The molecule has 2 aromatic heterocycles. The maximum absolute atomic E-state index is 11.2. The Morgan fingerprint density at radius 2 is 2.15 bits per heavy atom. The number of aromatic nitrogens is 4. The first-order chi connectivity index (χ1) is 12.7. The van der Waals surface area contributed by atoms with Crippen molar-refractivity contribution in [3.05, 3.63) is 18.0 Å². The largest absolute Gasteiger partial charge is 0.365 e. The fourth-order valence-corrected chi connectivity index (χ4v) is 3.60. The van der Waals surface area contributed by atoms with Crippen molar-refractivity contribution in [3.63, 3.8) is 0 Å². The number of morpholine rings is 1. The van der Waals surface area contributed by atoms with E-state index < -0.39 is 0 Å². The maximum atomic E-state index is 11.2. The summed E-state index contributed by atoms with van der Waals surface area (Å²) in [7, 11) is 2.11. The molecule has 9 heteroatoms. The Kier molecular flexibility index (Phi) is 3.79. The van der Waals surface area contributed by atoms with Gasteiger partial charge in [0.15, 0.2) is 11.5 Å². The van der Waals surface area contributed by atoms with Gasteiger partial charge in [-0.1, -0.05) is 0 Å². The molecule has 1 aliphatic carbocycles. The maximum Gasteiger partial charge on any atom is 0.246 e. The summed E-state index contributed by atoms with van der Waals surface area (Å²) in [5.41, 5.74) is 0.821. The average molecular weight is 357 g/mol.